The van der Waals surface area contributed by atoms with Crippen molar-refractivity contribution >= 4 is 56.0 Å². The number of nitrogens with one attached hydrogen (secondary N) is 2. The molecule has 0 bridgehead atoms. The van der Waals surface area contributed by atoms with Crippen molar-refractivity contribution < 1.29 is 14.7 Å². The standard InChI is InChI=1S/C16H10BrClN2O3/c17-9-4-5-12(10(7-9)16(22)23)20-15(21)13-6-8-2-1-3-11(18)14(8)19-13/h1-7,19H,(H,20,21)(H,22,23). The maximum Gasteiger partial charge on any atom is 0.337 e. The minimum Gasteiger partial charge on any atom is -0.478 e. The third-order valence-corrected chi connectivity index (χ3v) is 4.12. The maximum atomic E-state index is 12.4. The fraction of sp³-hybridized carbons (Fsp3) is 0. The average molecular weight is 394 g/mol. The van der Waals surface area contributed by atoms with E-state index in [0.717, 1.165) is 5.39 Å². The average Bonchev–Trinajstić information content (AvgIpc) is 2.94. The van der Waals surface area contributed by atoms with Crippen LogP contribution in [0.4, 0.5) is 5.69 Å². The molecule has 3 aromatic rings. The highest BCUT2D eigenvalue weighted by atomic mass is 79.9. The Morgan fingerprint density at radius 2 is 1.96 bits per heavy atom. The number of amides is 1. The number of para-hydroxylation sites is 1. The monoisotopic (exact) mass is 392 g/mol. The van der Waals surface area contributed by atoms with Crippen LogP contribution in [0.15, 0.2) is 46.9 Å². The number of hydrogen-bond acceptors (Lipinski definition) is 2. The second kappa shape index (κ2) is 6.06. The van der Waals surface area contributed by atoms with Crippen LogP contribution in [-0.4, -0.2) is 22.0 Å². The molecule has 0 aliphatic carbocycles. The zero-order valence-electron chi connectivity index (χ0n) is 11.6. The fourth-order valence-corrected chi connectivity index (χ4v) is 2.82. The van der Waals surface area contributed by atoms with Crippen LogP contribution in [0.25, 0.3) is 10.9 Å². The van der Waals surface area contributed by atoms with Crippen LogP contribution in [0, 0.1) is 0 Å². The molecule has 0 radical (unpaired) electrons. The number of halogens is 2. The number of carboxylic acid groups (broad SMARTS) is 1. The molecular weight excluding hydrogens is 384 g/mol. The van der Waals surface area contributed by atoms with Gasteiger partial charge < -0.3 is 15.4 Å². The van der Waals surface area contributed by atoms with Crippen LogP contribution in [0.2, 0.25) is 5.02 Å². The number of carbonyl (C=O) groups is 2. The van der Waals surface area contributed by atoms with Gasteiger partial charge in [0.25, 0.3) is 5.91 Å². The van der Waals surface area contributed by atoms with Gasteiger partial charge >= 0.3 is 5.97 Å². The quantitative estimate of drug-likeness (QED) is 0.611. The van der Waals surface area contributed by atoms with Gasteiger partial charge in [-0.25, -0.2) is 4.79 Å². The van der Waals surface area contributed by atoms with E-state index in [-0.39, 0.29) is 11.3 Å². The smallest absolute Gasteiger partial charge is 0.337 e. The lowest BCUT2D eigenvalue weighted by molar-refractivity contribution is 0.0698. The summed E-state index contributed by atoms with van der Waals surface area (Å²) in [6.45, 7) is 0. The molecule has 3 rings (SSSR count). The van der Waals surface area contributed by atoms with Crippen molar-refractivity contribution in [2.45, 2.75) is 0 Å². The molecule has 0 atom stereocenters. The van der Waals surface area contributed by atoms with E-state index in [1.807, 2.05) is 6.07 Å². The summed E-state index contributed by atoms with van der Waals surface area (Å²) in [6.07, 6.45) is 0. The Balaban J connectivity index is 1.95. The van der Waals surface area contributed by atoms with Crippen LogP contribution < -0.4 is 5.32 Å². The number of fused-ring (bicyclic) bond motifs is 1. The van der Waals surface area contributed by atoms with Gasteiger partial charge in [0.05, 0.1) is 21.8 Å². The summed E-state index contributed by atoms with van der Waals surface area (Å²) in [5.74, 6) is -1.57. The van der Waals surface area contributed by atoms with Crippen LogP contribution in [0.1, 0.15) is 20.8 Å². The first-order valence-corrected chi connectivity index (χ1v) is 7.74. The summed E-state index contributed by atoms with van der Waals surface area (Å²) in [5, 5.41) is 13.1. The SMILES string of the molecule is O=C(Nc1ccc(Br)cc1C(=O)O)c1cc2cccc(Cl)c2[nH]1. The van der Waals surface area contributed by atoms with Crippen molar-refractivity contribution in [3.63, 3.8) is 0 Å². The Morgan fingerprint density at radius 3 is 2.65 bits per heavy atom. The summed E-state index contributed by atoms with van der Waals surface area (Å²) in [4.78, 5) is 26.6. The van der Waals surface area contributed by atoms with E-state index in [2.05, 4.69) is 26.2 Å². The van der Waals surface area contributed by atoms with Crippen molar-refractivity contribution in [1.29, 1.82) is 0 Å². The van der Waals surface area contributed by atoms with E-state index in [9.17, 15) is 14.7 Å². The first kappa shape index (κ1) is 15.6. The van der Waals surface area contributed by atoms with E-state index in [4.69, 9.17) is 11.6 Å². The molecule has 23 heavy (non-hydrogen) atoms. The first-order valence-electron chi connectivity index (χ1n) is 6.57. The lowest BCUT2D eigenvalue weighted by Gasteiger charge is -2.08. The van der Waals surface area contributed by atoms with E-state index in [1.54, 1.807) is 24.3 Å². The molecule has 3 N–H and O–H groups in total. The number of anilines is 1. The molecule has 7 heteroatoms. The number of hydrogen-bond donors (Lipinski definition) is 3. The summed E-state index contributed by atoms with van der Waals surface area (Å²) in [7, 11) is 0. The molecule has 0 aliphatic rings. The fourth-order valence-electron chi connectivity index (χ4n) is 2.23. The zero-order chi connectivity index (χ0) is 16.6. The van der Waals surface area contributed by atoms with Crippen LogP contribution >= 0.6 is 27.5 Å². The lowest BCUT2D eigenvalue weighted by atomic mass is 10.1. The topological polar surface area (TPSA) is 82.2 Å². The number of carboxylic acids is 1. The Labute approximate surface area is 144 Å². The Hall–Kier alpha value is -2.31. The van der Waals surface area contributed by atoms with Crippen molar-refractivity contribution in [2.75, 3.05) is 5.32 Å². The second-order valence-electron chi connectivity index (χ2n) is 4.84. The first-order chi connectivity index (χ1) is 11.0. The molecule has 0 saturated carbocycles. The molecule has 2 aromatic carbocycles. The molecule has 1 heterocycles. The van der Waals surface area contributed by atoms with Gasteiger partial charge in [-0.2, -0.15) is 0 Å². The van der Waals surface area contributed by atoms with Crippen molar-refractivity contribution in [1.82, 2.24) is 4.98 Å². The molecule has 0 aliphatic heterocycles. The van der Waals surface area contributed by atoms with Crippen molar-refractivity contribution in [2.24, 2.45) is 0 Å². The van der Waals surface area contributed by atoms with Gasteiger partial charge in [0.2, 0.25) is 0 Å². The van der Waals surface area contributed by atoms with Crippen LogP contribution in [0.5, 0.6) is 0 Å². The Morgan fingerprint density at radius 1 is 1.17 bits per heavy atom. The van der Waals surface area contributed by atoms with Gasteiger partial charge in [-0.1, -0.05) is 39.7 Å². The highest BCUT2D eigenvalue weighted by Crippen LogP contribution is 2.25. The number of aromatic amines is 1. The third-order valence-electron chi connectivity index (χ3n) is 3.31. The van der Waals surface area contributed by atoms with E-state index < -0.39 is 11.9 Å². The molecule has 0 unspecified atom stereocenters. The van der Waals surface area contributed by atoms with Crippen LogP contribution in [0.3, 0.4) is 0 Å². The van der Waals surface area contributed by atoms with Crippen LogP contribution in [-0.2, 0) is 0 Å². The number of aromatic carboxylic acids is 1. The van der Waals surface area contributed by atoms with E-state index in [0.29, 0.717) is 20.7 Å². The summed E-state index contributed by atoms with van der Waals surface area (Å²) in [6, 6.07) is 11.6. The van der Waals surface area contributed by atoms with E-state index >= 15 is 0 Å². The second-order valence-corrected chi connectivity index (χ2v) is 6.16. The van der Waals surface area contributed by atoms with Gasteiger partial charge in [-0.05, 0) is 30.3 Å². The van der Waals surface area contributed by atoms with Gasteiger partial charge in [0.1, 0.15) is 5.69 Å². The molecule has 5 nitrogen and oxygen atoms in total. The van der Waals surface area contributed by atoms with Gasteiger partial charge in [-0.15, -0.1) is 0 Å². The number of rotatable bonds is 3. The summed E-state index contributed by atoms with van der Waals surface area (Å²) in [5.41, 5.74) is 1.18. The highest BCUT2D eigenvalue weighted by Gasteiger charge is 2.16. The van der Waals surface area contributed by atoms with Crippen molar-refractivity contribution in [3.8, 4) is 0 Å². The number of aromatic nitrogens is 1. The predicted octanol–water partition coefficient (Wildman–Crippen LogP) is 4.53. The number of carbonyl (C=O) groups excluding carboxylic acids is 1. The molecule has 0 saturated heterocycles. The van der Waals surface area contributed by atoms with E-state index in [1.165, 1.54) is 12.1 Å². The minimum atomic E-state index is -1.12. The Kier molecular flexibility index (Phi) is 4.11. The highest BCUT2D eigenvalue weighted by molar-refractivity contribution is 9.10. The van der Waals surface area contributed by atoms with Gasteiger partial charge in [-0.3, -0.25) is 4.79 Å². The largest absolute Gasteiger partial charge is 0.478 e. The number of benzene rings is 2. The van der Waals surface area contributed by atoms with Crippen molar-refractivity contribution in [3.05, 3.63) is 63.2 Å². The summed E-state index contributed by atoms with van der Waals surface area (Å²) < 4.78 is 0.616. The van der Waals surface area contributed by atoms with Gasteiger partial charge in [0, 0.05) is 9.86 Å². The van der Waals surface area contributed by atoms with Gasteiger partial charge in [0.15, 0.2) is 0 Å². The number of H-pyrrole nitrogens is 1. The molecular formula is C16H10BrClN2O3. The lowest BCUT2D eigenvalue weighted by Crippen LogP contribution is -2.15. The molecule has 1 aromatic heterocycles. The maximum absolute atomic E-state index is 12.4. The molecule has 0 fully saturated rings. The molecule has 1 amide bonds. The summed E-state index contributed by atoms with van der Waals surface area (Å²) >= 11 is 9.28. The Bertz CT molecular complexity index is 936. The molecule has 0 spiro atoms. The zero-order valence-corrected chi connectivity index (χ0v) is 13.9. The third kappa shape index (κ3) is 3.09. The molecule has 116 valence electrons. The minimum absolute atomic E-state index is 0.00173. The normalized spacial score (nSPS) is 10.7. The predicted molar refractivity (Wildman–Crippen MR) is 92.4 cm³/mol.